The highest BCUT2D eigenvalue weighted by molar-refractivity contribution is 6.42. The Morgan fingerprint density at radius 3 is 2.27 bits per heavy atom. The first-order valence-electron chi connectivity index (χ1n) is 4.33. The van der Waals surface area contributed by atoms with Crippen molar-refractivity contribution in [3.8, 4) is 5.75 Å². The summed E-state index contributed by atoms with van der Waals surface area (Å²) in [7, 11) is 1.56. The molecule has 1 aliphatic heterocycles. The van der Waals surface area contributed by atoms with Crippen LogP contribution in [0.4, 0.5) is 0 Å². The maximum Gasteiger partial charge on any atom is 0.384 e. The van der Waals surface area contributed by atoms with Gasteiger partial charge in [0, 0.05) is 11.6 Å². The Morgan fingerprint density at radius 1 is 1.13 bits per heavy atom. The highest BCUT2D eigenvalue weighted by Gasteiger charge is 2.24. The lowest BCUT2D eigenvalue weighted by Crippen LogP contribution is -2.05. The Morgan fingerprint density at radius 2 is 1.80 bits per heavy atom. The lowest BCUT2D eigenvalue weighted by atomic mass is 10.2. The van der Waals surface area contributed by atoms with Crippen LogP contribution in [0.1, 0.15) is 5.56 Å². The molecular formula is C11H8O4. The van der Waals surface area contributed by atoms with Gasteiger partial charge in [-0.05, 0) is 24.3 Å². The number of cyclic esters (lactones) is 1. The van der Waals surface area contributed by atoms with Crippen molar-refractivity contribution in [1.29, 1.82) is 0 Å². The molecule has 1 aromatic rings. The normalized spacial score (nSPS) is 14.9. The monoisotopic (exact) mass is 204 g/mol. The van der Waals surface area contributed by atoms with Crippen LogP contribution in [0.3, 0.4) is 0 Å². The smallest absolute Gasteiger partial charge is 0.384 e. The predicted octanol–water partition coefficient (Wildman–Crippen LogP) is 1.16. The number of hydrogen-bond donors (Lipinski definition) is 0. The van der Waals surface area contributed by atoms with Crippen molar-refractivity contribution in [3.63, 3.8) is 0 Å². The summed E-state index contributed by atoms with van der Waals surface area (Å²) in [5.74, 6) is -0.468. The van der Waals surface area contributed by atoms with Crippen molar-refractivity contribution >= 4 is 17.5 Å². The predicted molar refractivity (Wildman–Crippen MR) is 52.1 cm³/mol. The fourth-order valence-corrected chi connectivity index (χ4v) is 1.26. The van der Waals surface area contributed by atoms with Crippen LogP contribution in [-0.2, 0) is 14.3 Å². The summed E-state index contributed by atoms with van der Waals surface area (Å²) in [5.41, 5.74) is 0.676. The number of benzene rings is 1. The number of hydrogen-bond acceptors (Lipinski definition) is 4. The highest BCUT2D eigenvalue weighted by atomic mass is 16.5. The molecule has 0 radical (unpaired) electrons. The zero-order valence-corrected chi connectivity index (χ0v) is 8.02. The van der Waals surface area contributed by atoms with Crippen LogP contribution < -0.4 is 4.74 Å². The number of ether oxygens (including phenoxy) is 2. The summed E-state index contributed by atoms with van der Waals surface area (Å²) in [6.07, 6.45) is 1.18. The van der Waals surface area contributed by atoms with Crippen LogP contribution in [0.15, 0.2) is 30.3 Å². The standard InChI is InChI=1S/C11H8O4/c1-14-8-4-2-7(3-5-8)10-6-9(12)11(13)15-10/h2-6H,1H3. The van der Waals surface area contributed by atoms with Gasteiger partial charge in [0.25, 0.3) is 5.78 Å². The number of rotatable bonds is 2. The second-order valence-corrected chi connectivity index (χ2v) is 2.99. The quantitative estimate of drug-likeness (QED) is 0.536. The van der Waals surface area contributed by atoms with Gasteiger partial charge in [0.1, 0.15) is 11.5 Å². The summed E-state index contributed by atoms with van der Waals surface area (Å²) in [6.45, 7) is 0. The molecule has 0 spiro atoms. The average Bonchev–Trinajstić information content (AvgIpc) is 2.59. The average molecular weight is 204 g/mol. The number of esters is 1. The van der Waals surface area contributed by atoms with Gasteiger partial charge in [0.15, 0.2) is 0 Å². The molecule has 0 bridgehead atoms. The van der Waals surface area contributed by atoms with Crippen molar-refractivity contribution in [2.75, 3.05) is 7.11 Å². The first kappa shape index (κ1) is 9.45. The van der Waals surface area contributed by atoms with E-state index in [-0.39, 0.29) is 5.76 Å². The number of methoxy groups -OCH3 is 1. The molecular weight excluding hydrogens is 196 g/mol. The first-order valence-corrected chi connectivity index (χ1v) is 4.33. The Labute approximate surface area is 86.1 Å². The molecule has 0 saturated carbocycles. The molecule has 1 aromatic carbocycles. The van der Waals surface area contributed by atoms with E-state index in [4.69, 9.17) is 9.47 Å². The van der Waals surface area contributed by atoms with E-state index in [2.05, 4.69) is 0 Å². The molecule has 1 aliphatic rings. The topological polar surface area (TPSA) is 52.6 Å². The van der Waals surface area contributed by atoms with E-state index in [0.717, 1.165) is 0 Å². The molecule has 2 rings (SSSR count). The third kappa shape index (κ3) is 1.74. The highest BCUT2D eigenvalue weighted by Crippen LogP contribution is 2.23. The van der Waals surface area contributed by atoms with Gasteiger partial charge in [-0.1, -0.05) is 0 Å². The van der Waals surface area contributed by atoms with Gasteiger partial charge >= 0.3 is 5.97 Å². The second kappa shape index (κ2) is 3.57. The van der Waals surface area contributed by atoms with Crippen LogP contribution in [-0.4, -0.2) is 18.9 Å². The minimum absolute atomic E-state index is 0.285. The molecule has 1 heterocycles. The van der Waals surface area contributed by atoms with Gasteiger partial charge in [0.2, 0.25) is 0 Å². The van der Waals surface area contributed by atoms with Gasteiger partial charge in [-0.15, -0.1) is 0 Å². The van der Waals surface area contributed by atoms with Crippen molar-refractivity contribution < 1.29 is 19.1 Å². The van der Waals surface area contributed by atoms with Crippen LogP contribution in [0.25, 0.3) is 5.76 Å². The van der Waals surface area contributed by atoms with E-state index in [9.17, 15) is 9.59 Å². The first-order chi connectivity index (χ1) is 7.20. The summed E-state index contributed by atoms with van der Waals surface area (Å²) in [5, 5.41) is 0. The second-order valence-electron chi connectivity index (χ2n) is 2.99. The zero-order chi connectivity index (χ0) is 10.8. The van der Waals surface area contributed by atoms with Crippen molar-refractivity contribution in [1.82, 2.24) is 0 Å². The van der Waals surface area contributed by atoms with Gasteiger partial charge in [-0.3, -0.25) is 4.79 Å². The molecule has 0 unspecified atom stereocenters. The van der Waals surface area contributed by atoms with E-state index in [0.29, 0.717) is 11.3 Å². The van der Waals surface area contributed by atoms with Crippen LogP contribution >= 0.6 is 0 Å². The molecule has 0 fully saturated rings. The minimum Gasteiger partial charge on any atom is -0.497 e. The Balaban J connectivity index is 2.28. The Kier molecular flexibility index (Phi) is 2.25. The van der Waals surface area contributed by atoms with Gasteiger partial charge in [-0.25, -0.2) is 4.79 Å². The number of ketones is 1. The van der Waals surface area contributed by atoms with Crippen molar-refractivity contribution in [2.24, 2.45) is 0 Å². The van der Waals surface area contributed by atoms with Crippen LogP contribution in [0, 0.1) is 0 Å². The van der Waals surface area contributed by atoms with E-state index in [1.807, 2.05) is 0 Å². The van der Waals surface area contributed by atoms with Crippen LogP contribution in [0.5, 0.6) is 5.75 Å². The lowest BCUT2D eigenvalue weighted by Gasteiger charge is -2.02. The fourth-order valence-electron chi connectivity index (χ4n) is 1.26. The third-order valence-electron chi connectivity index (χ3n) is 2.04. The van der Waals surface area contributed by atoms with Gasteiger partial charge < -0.3 is 9.47 Å². The minimum atomic E-state index is -0.833. The number of carbonyl (C=O) groups excluding carboxylic acids is 2. The van der Waals surface area contributed by atoms with Gasteiger partial charge in [-0.2, -0.15) is 0 Å². The molecule has 4 nitrogen and oxygen atoms in total. The van der Waals surface area contributed by atoms with E-state index < -0.39 is 11.8 Å². The van der Waals surface area contributed by atoms with E-state index in [1.165, 1.54) is 6.08 Å². The van der Waals surface area contributed by atoms with Crippen molar-refractivity contribution in [2.45, 2.75) is 0 Å². The van der Waals surface area contributed by atoms with E-state index in [1.54, 1.807) is 31.4 Å². The maximum atomic E-state index is 10.9. The van der Waals surface area contributed by atoms with E-state index >= 15 is 0 Å². The maximum absolute atomic E-state index is 10.9. The summed E-state index contributed by atoms with van der Waals surface area (Å²) < 4.78 is 9.74. The molecule has 15 heavy (non-hydrogen) atoms. The molecule has 0 N–H and O–H groups in total. The molecule has 0 aliphatic carbocycles. The summed E-state index contributed by atoms with van der Waals surface area (Å²) in [4.78, 5) is 21.7. The number of carbonyl (C=O) groups is 2. The summed E-state index contributed by atoms with van der Waals surface area (Å²) >= 11 is 0. The van der Waals surface area contributed by atoms with Crippen molar-refractivity contribution in [3.05, 3.63) is 35.9 Å². The van der Waals surface area contributed by atoms with Crippen LogP contribution in [0.2, 0.25) is 0 Å². The third-order valence-corrected chi connectivity index (χ3v) is 2.04. The SMILES string of the molecule is COc1ccc(C2=CC(=O)C(=O)O2)cc1. The molecule has 0 amide bonds. The molecule has 0 saturated heterocycles. The summed E-state index contributed by atoms with van der Waals surface area (Å²) in [6, 6.07) is 6.90. The fraction of sp³-hybridized carbons (Fsp3) is 0.0909. The largest absolute Gasteiger partial charge is 0.497 e. The Bertz CT molecular complexity index is 442. The molecule has 0 aromatic heterocycles. The molecule has 4 heteroatoms. The molecule has 76 valence electrons. The molecule has 0 atom stereocenters. The zero-order valence-electron chi connectivity index (χ0n) is 8.02. The lowest BCUT2D eigenvalue weighted by molar-refractivity contribution is -0.144. The van der Waals surface area contributed by atoms with Gasteiger partial charge in [0.05, 0.1) is 7.11 Å². The Hall–Kier alpha value is -2.10.